The SMILES string of the molecule is O=C(On1c(O)ccc1O)[C@@H]1CCC(=O)N1C(=O)OCc1ccccc1. The number of hydrogen-bond donors (Lipinski definition) is 2. The molecule has 0 saturated carbocycles. The number of likely N-dealkylation sites (tertiary alicyclic amines) is 1. The molecule has 1 fully saturated rings. The molecule has 0 bridgehead atoms. The Labute approximate surface area is 147 Å². The number of nitrogens with zero attached hydrogens (tertiary/aromatic N) is 2. The van der Waals surface area contributed by atoms with Crippen molar-refractivity contribution in [2.45, 2.75) is 25.5 Å². The van der Waals surface area contributed by atoms with Crippen molar-refractivity contribution >= 4 is 18.0 Å². The monoisotopic (exact) mass is 360 g/mol. The quantitative estimate of drug-likeness (QED) is 0.840. The lowest BCUT2D eigenvalue weighted by Gasteiger charge is -2.21. The fraction of sp³-hybridized carbons (Fsp3) is 0.235. The molecule has 0 spiro atoms. The highest BCUT2D eigenvalue weighted by molar-refractivity contribution is 5.99. The Bertz CT molecular complexity index is 811. The van der Waals surface area contributed by atoms with Crippen molar-refractivity contribution < 1.29 is 34.2 Å². The first-order valence-corrected chi connectivity index (χ1v) is 7.82. The van der Waals surface area contributed by atoms with E-state index in [1.54, 1.807) is 24.3 Å². The normalized spacial score (nSPS) is 16.5. The Morgan fingerprint density at radius 3 is 2.38 bits per heavy atom. The van der Waals surface area contributed by atoms with E-state index in [2.05, 4.69) is 0 Å². The molecule has 26 heavy (non-hydrogen) atoms. The molecule has 9 heteroatoms. The first kappa shape index (κ1) is 17.3. The zero-order valence-corrected chi connectivity index (χ0v) is 13.6. The van der Waals surface area contributed by atoms with Crippen LogP contribution in [0.1, 0.15) is 18.4 Å². The second kappa shape index (κ2) is 7.18. The number of benzene rings is 1. The van der Waals surface area contributed by atoms with Crippen LogP contribution in [0.25, 0.3) is 0 Å². The summed E-state index contributed by atoms with van der Waals surface area (Å²) in [6.45, 7) is -0.0512. The molecule has 1 saturated heterocycles. The van der Waals surface area contributed by atoms with Gasteiger partial charge in [-0.1, -0.05) is 30.3 Å². The van der Waals surface area contributed by atoms with E-state index < -0.39 is 35.8 Å². The molecule has 1 aromatic heterocycles. The molecule has 0 radical (unpaired) electrons. The number of imide groups is 1. The van der Waals surface area contributed by atoms with Crippen LogP contribution in [0.2, 0.25) is 0 Å². The minimum absolute atomic E-state index is 0.0240. The molecule has 1 aromatic carbocycles. The summed E-state index contributed by atoms with van der Waals surface area (Å²) in [7, 11) is 0. The van der Waals surface area contributed by atoms with Crippen molar-refractivity contribution in [3.63, 3.8) is 0 Å². The van der Waals surface area contributed by atoms with Crippen molar-refractivity contribution in [3.05, 3.63) is 48.0 Å². The summed E-state index contributed by atoms with van der Waals surface area (Å²) in [4.78, 5) is 42.1. The van der Waals surface area contributed by atoms with E-state index in [4.69, 9.17) is 9.57 Å². The van der Waals surface area contributed by atoms with Gasteiger partial charge >= 0.3 is 12.1 Å². The predicted molar refractivity (Wildman–Crippen MR) is 85.8 cm³/mol. The Morgan fingerprint density at radius 2 is 1.73 bits per heavy atom. The summed E-state index contributed by atoms with van der Waals surface area (Å²) < 4.78 is 5.60. The van der Waals surface area contributed by atoms with Crippen LogP contribution in [0.5, 0.6) is 11.8 Å². The zero-order valence-electron chi connectivity index (χ0n) is 13.6. The first-order chi connectivity index (χ1) is 12.5. The van der Waals surface area contributed by atoms with Crippen molar-refractivity contribution in [1.82, 2.24) is 9.63 Å². The maximum Gasteiger partial charge on any atom is 0.417 e. The average molecular weight is 360 g/mol. The molecule has 2 heterocycles. The van der Waals surface area contributed by atoms with Crippen LogP contribution in [-0.4, -0.2) is 43.9 Å². The first-order valence-electron chi connectivity index (χ1n) is 7.82. The Kier molecular flexibility index (Phi) is 4.78. The third-order valence-electron chi connectivity index (χ3n) is 3.86. The molecular weight excluding hydrogens is 344 g/mol. The molecule has 3 rings (SSSR count). The second-order valence-corrected chi connectivity index (χ2v) is 5.61. The van der Waals surface area contributed by atoms with E-state index >= 15 is 0 Å². The Balaban J connectivity index is 1.67. The molecule has 0 aliphatic carbocycles. The largest absolute Gasteiger partial charge is 0.492 e. The minimum Gasteiger partial charge on any atom is -0.492 e. The summed E-state index contributed by atoms with van der Waals surface area (Å²) in [6, 6.07) is 9.91. The van der Waals surface area contributed by atoms with E-state index in [-0.39, 0.29) is 19.4 Å². The highest BCUT2D eigenvalue weighted by Gasteiger charge is 2.43. The maximum absolute atomic E-state index is 12.3. The van der Waals surface area contributed by atoms with E-state index in [1.807, 2.05) is 6.07 Å². The van der Waals surface area contributed by atoms with Crippen molar-refractivity contribution in [2.75, 3.05) is 0 Å². The van der Waals surface area contributed by atoms with Crippen molar-refractivity contribution in [3.8, 4) is 11.8 Å². The van der Waals surface area contributed by atoms with Gasteiger partial charge in [0.1, 0.15) is 12.6 Å². The summed E-state index contributed by atoms with van der Waals surface area (Å²) in [5, 5.41) is 19.0. The Hall–Kier alpha value is -3.49. The summed E-state index contributed by atoms with van der Waals surface area (Å²) in [5.74, 6) is -2.54. The number of carbonyl (C=O) groups is 3. The summed E-state index contributed by atoms with van der Waals surface area (Å²) in [5.41, 5.74) is 0.730. The third kappa shape index (κ3) is 3.46. The summed E-state index contributed by atoms with van der Waals surface area (Å²) in [6.07, 6.45) is -0.927. The molecule has 9 nitrogen and oxygen atoms in total. The van der Waals surface area contributed by atoms with Gasteiger partial charge in [0.2, 0.25) is 17.7 Å². The van der Waals surface area contributed by atoms with E-state index in [0.29, 0.717) is 9.63 Å². The number of carbonyl (C=O) groups excluding carboxylic acids is 3. The number of ether oxygens (including phenoxy) is 1. The molecule has 136 valence electrons. The molecule has 1 aliphatic rings. The number of amides is 2. The molecule has 1 atom stereocenters. The fourth-order valence-electron chi connectivity index (χ4n) is 2.57. The van der Waals surface area contributed by atoms with E-state index in [1.165, 1.54) is 0 Å². The highest BCUT2D eigenvalue weighted by atomic mass is 16.7. The zero-order chi connectivity index (χ0) is 18.7. The fourth-order valence-corrected chi connectivity index (χ4v) is 2.57. The van der Waals surface area contributed by atoms with Gasteiger partial charge in [0.25, 0.3) is 0 Å². The lowest BCUT2D eigenvalue weighted by molar-refractivity contribution is -0.152. The van der Waals surface area contributed by atoms with Crippen LogP contribution in [-0.2, 0) is 20.9 Å². The van der Waals surface area contributed by atoms with Crippen LogP contribution in [0.4, 0.5) is 4.79 Å². The standard InChI is InChI=1S/C17H16N2O7/c20-13-7-6-12(16(23)26-19-14(21)8-9-15(19)22)18(13)17(24)25-10-11-4-2-1-3-5-11/h1-5,8-9,12,21-22H,6-7,10H2/t12-/m0/s1. The number of aromatic hydroxyl groups is 2. The predicted octanol–water partition coefficient (Wildman–Crippen LogP) is 1.18. The van der Waals surface area contributed by atoms with Gasteiger partial charge in [-0.25, -0.2) is 14.5 Å². The van der Waals surface area contributed by atoms with Gasteiger partial charge in [-0.3, -0.25) is 4.79 Å². The van der Waals surface area contributed by atoms with Gasteiger partial charge in [0, 0.05) is 18.6 Å². The van der Waals surface area contributed by atoms with E-state index in [0.717, 1.165) is 17.7 Å². The average Bonchev–Trinajstić information content (AvgIpc) is 3.17. The Morgan fingerprint density at radius 1 is 1.08 bits per heavy atom. The lowest BCUT2D eigenvalue weighted by atomic mass is 10.2. The molecule has 2 N–H and O–H groups in total. The smallest absolute Gasteiger partial charge is 0.417 e. The summed E-state index contributed by atoms with van der Waals surface area (Å²) >= 11 is 0. The third-order valence-corrected chi connectivity index (χ3v) is 3.86. The second-order valence-electron chi connectivity index (χ2n) is 5.61. The highest BCUT2D eigenvalue weighted by Crippen LogP contribution is 2.23. The van der Waals surface area contributed by atoms with Crippen molar-refractivity contribution in [2.24, 2.45) is 0 Å². The van der Waals surface area contributed by atoms with E-state index in [9.17, 15) is 24.6 Å². The molecule has 0 unspecified atom stereocenters. The van der Waals surface area contributed by atoms with Gasteiger partial charge in [-0.2, -0.15) is 0 Å². The topological polar surface area (TPSA) is 118 Å². The van der Waals surface area contributed by atoms with Crippen LogP contribution >= 0.6 is 0 Å². The lowest BCUT2D eigenvalue weighted by Crippen LogP contribution is -2.46. The number of aromatic nitrogens is 1. The van der Waals surface area contributed by atoms with Gasteiger partial charge in [0.05, 0.1) is 0 Å². The minimum atomic E-state index is -1.20. The molecular formula is C17H16N2O7. The van der Waals surface area contributed by atoms with Gasteiger partial charge in [-0.15, -0.1) is 4.73 Å². The van der Waals surface area contributed by atoms with Crippen LogP contribution in [0.3, 0.4) is 0 Å². The van der Waals surface area contributed by atoms with Crippen LogP contribution in [0.15, 0.2) is 42.5 Å². The molecule has 2 amide bonds. The number of hydrogen-bond acceptors (Lipinski definition) is 7. The maximum atomic E-state index is 12.3. The number of rotatable bonds is 4. The van der Waals surface area contributed by atoms with Gasteiger partial charge < -0.3 is 19.8 Å². The van der Waals surface area contributed by atoms with Crippen LogP contribution < -0.4 is 4.84 Å². The molecule has 1 aliphatic heterocycles. The van der Waals surface area contributed by atoms with Crippen LogP contribution in [0, 0.1) is 0 Å². The molecule has 2 aromatic rings. The van der Waals surface area contributed by atoms with Gasteiger partial charge in [0.15, 0.2) is 0 Å². The van der Waals surface area contributed by atoms with Gasteiger partial charge in [-0.05, 0) is 12.0 Å². The van der Waals surface area contributed by atoms with Crippen molar-refractivity contribution in [1.29, 1.82) is 0 Å².